The van der Waals surface area contributed by atoms with E-state index < -0.39 is 4.92 Å². The molecule has 0 spiro atoms. The molecule has 3 rings (SSSR count). The minimum atomic E-state index is -0.441. The van der Waals surface area contributed by atoms with E-state index in [1.54, 1.807) is 23.9 Å². The van der Waals surface area contributed by atoms with Crippen LogP contribution in [0.2, 0.25) is 0 Å². The van der Waals surface area contributed by atoms with Crippen molar-refractivity contribution in [3.05, 3.63) is 45.8 Å². The molecule has 0 bridgehead atoms. The number of rotatable bonds is 4. The fraction of sp³-hybridized carbons (Fsp3) is 0.182. The number of furan rings is 1. The molecule has 3 aromatic rings. The molecule has 1 N–H and O–H groups in total. The third kappa shape index (κ3) is 1.95. The second kappa shape index (κ2) is 4.39. The molecule has 0 aliphatic heterocycles. The number of hydrogen-bond donors (Lipinski definition) is 1. The van der Waals surface area contributed by atoms with E-state index >= 15 is 0 Å². The monoisotopic (exact) mass is 278 g/mol. The first-order valence-corrected chi connectivity index (χ1v) is 6.44. The highest BCUT2D eigenvalue weighted by Gasteiger charge is 2.25. The number of nitrogens with one attached hydrogen (secondary N) is 1. The van der Waals surface area contributed by atoms with Crippen molar-refractivity contribution in [2.24, 2.45) is 0 Å². The topological polar surface area (TPSA) is 85.6 Å². The Hall–Kier alpha value is -2.35. The normalized spacial score (nSPS) is 12.7. The van der Waals surface area contributed by atoms with Gasteiger partial charge in [0.15, 0.2) is 0 Å². The Morgan fingerprint density at radius 2 is 2.47 bits per heavy atom. The average molecular weight is 278 g/mol. The Labute approximate surface area is 111 Å². The zero-order chi connectivity index (χ0) is 13.4. The second-order valence-electron chi connectivity index (χ2n) is 3.98. The van der Waals surface area contributed by atoms with Crippen molar-refractivity contribution >= 4 is 27.9 Å². The summed E-state index contributed by atoms with van der Waals surface area (Å²) in [6, 6.07) is 3.38. The highest BCUT2D eigenvalue weighted by Crippen LogP contribution is 2.30. The minimum Gasteiger partial charge on any atom is -0.467 e. The molecule has 0 radical (unpaired) electrons. The summed E-state index contributed by atoms with van der Waals surface area (Å²) < 4.78 is 6.72. The number of nitrogens with zero attached hydrogens (tertiary/aromatic N) is 3. The van der Waals surface area contributed by atoms with Gasteiger partial charge in [0, 0.05) is 5.38 Å². The molecule has 0 amide bonds. The minimum absolute atomic E-state index is 0.0605. The Morgan fingerprint density at radius 3 is 3.16 bits per heavy atom. The van der Waals surface area contributed by atoms with E-state index in [0.717, 1.165) is 0 Å². The van der Waals surface area contributed by atoms with Gasteiger partial charge < -0.3 is 19.8 Å². The summed E-state index contributed by atoms with van der Waals surface area (Å²) in [4.78, 5) is 15.5. The van der Waals surface area contributed by atoms with E-state index in [4.69, 9.17) is 4.42 Å². The van der Waals surface area contributed by atoms with Crippen molar-refractivity contribution in [2.75, 3.05) is 5.32 Å². The van der Waals surface area contributed by atoms with Gasteiger partial charge in [-0.2, -0.15) is 9.38 Å². The van der Waals surface area contributed by atoms with Gasteiger partial charge in [0.25, 0.3) is 4.96 Å². The zero-order valence-electron chi connectivity index (χ0n) is 9.94. The van der Waals surface area contributed by atoms with Gasteiger partial charge in [0.05, 0.1) is 12.3 Å². The van der Waals surface area contributed by atoms with Crippen molar-refractivity contribution < 1.29 is 9.34 Å². The van der Waals surface area contributed by atoms with Crippen LogP contribution in [-0.4, -0.2) is 14.3 Å². The Morgan fingerprint density at radius 1 is 1.63 bits per heavy atom. The maximum atomic E-state index is 11.1. The lowest BCUT2D eigenvalue weighted by Crippen LogP contribution is -2.07. The molecule has 0 saturated heterocycles. The molecule has 0 aliphatic rings. The first-order chi connectivity index (χ1) is 9.16. The largest absolute Gasteiger partial charge is 0.467 e. The third-order valence-electron chi connectivity index (χ3n) is 2.73. The van der Waals surface area contributed by atoms with E-state index in [-0.39, 0.29) is 17.7 Å². The number of hydrogen-bond acceptors (Lipinski definition) is 6. The number of aromatic nitrogens is 2. The van der Waals surface area contributed by atoms with Crippen LogP contribution < -0.4 is 5.32 Å². The van der Waals surface area contributed by atoms with Gasteiger partial charge in [-0.05, 0) is 24.0 Å². The number of thiazole rings is 1. The Kier molecular flexibility index (Phi) is 2.71. The van der Waals surface area contributed by atoms with Crippen LogP contribution >= 0.6 is 11.3 Å². The first kappa shape index (κ1) is 11.7. The smallest absolute Gasteiger partial charge is 0.372 e. The molecule has 1 unspecified atom stereocenters. The predicted octanol–water partition coefficient (Wildman–Crippen LogP) is 3.07. The lowest BCUT2D eigenvalue weighted by atomic mass is 10.2. The average Bonchev–Trinajstić information content (AvgIpc) is 3.03. The summed E-state index contributed by atoms with van der Waals surface area (Å²) >= 11 is 1.35. The van der Waals surface area contributed by atoms with E-state index in [9.17, 15) is 10.1 Å². The Balaban J connectivity index is 1.98. The molecular weight excluding hydrogens is 268 g/mol. The summed E-state index contributed by atoms with van der Waals surface area (Å²) in [6.45, 7) is 1.86. The fourth-order valence-corrected chi connectivity index (χ4v) is 2.57. The van der Waals surface area contributed by atoms with Crippen molar-refractivity contribution in [1.29, 1.82) is 0 Å². The number of anilines is 1. The van der Waals surface area contributed by atoms with Gasteiger partial charge >= 0.3 is 5.82 Å². The lowest BCUT2D eigenvalue weighted by molar-refractivity contribution is -0.389. The van der Waals surface area contributed by atoms with Crippen LogP contribution in [0, 0.1) is 10.1 Å². The Bertz CT molecular complexity index is 716. The zero-order valence-corrected chi connectivity index (χ0v) is 10.8. The van der Waals surface area contributed by atoms with Crippen LogP contribution in [0.4, 0.5) is 11.6 Å². The summed E-state index contributed by atoms with van der Waals surface area (Å²) in [5.74, 6) is 0.890. The molecule has 3 heterocycles. The summed E-state index contributed by atoms with van der Waals surface area (Å²) in [5.41, 5.74) is 0. The molecule has 3 aromatic heterocycles. The van der Waals surface area contributed by atoms with Crippen molar-refractivity contribution in [3.8, 4) is 0 Å². The van der Waals surface area contributed by atoms with Crippen molar-refractivity contribution in [1.82, 2.24) is 9.38 Å². The van der Waals surface area contributed by atoms with Gasteiger partial charge in [-0.15, -0.1) is 0 Å². The fourth-order valence-electron chi connectivity index (χ4n) is 1.86. The van der Waals surface area contributed by atoms with Gasteiger partial charge in [-0.1, -0.05) is 11.3 Å². The molecule has 19 heavy (non-hydrogen) atoms. The molecular formula is C11H10N4O3S. The number of imidazole rings is 1. The van der Waals surface area contributed by atoms with Crippen LogP contribution in [0.3, 0.4) is 0 Å². The SMILES string of the molecule is CC(Nc1nc2sccn2c1[N+](=O)[O-])c1ccco1. The third-order valence-corrected chi connectivity index (χ3v) is 3.49. The summed E-state index contributed by atoms with van der Waals surface area (Å²) in [7, 11) is 0. The van der Waals surface area contributed by atoms with Crippen LogP contribution in [0.1, 0.15) is 18.7 Å². The predicted molar refractivity (Wildman–Crippen MR) is 70.5 cm³/mol. The van der Waals surface area contributed by atoms with Gasteiger partial charge in [-0.3, -0.25) is 0 Å². The van der Waals surface area contributed by atoms with Crippen LogP contribution in [-0.2, 0) is 0 Å². The van der Waals surface area contributed by atoms with Crippen LogP contribution in [0.25, 0.3) is 4.96 Å². The molecule has 0 saturated carbocycles. The molecule has 98 valence electrons. The van der Waals surface area contributed by atoms with Gasteiger partial charge in [0.1, 0.15) is 12.0 Å². The van der Waals surface area contributed by atoms with Gasteiger partial charge in [0.2, 0.25) is 5.82 Å². The summed E-state index contributed by atoms with van der Waals surface area (Å²) in [5, 5.41) is 15.9. The molecule has 8 heteroatoms. The summed E-state index contributed by atoms with van der Waals surface area (Å²) in [6.07, 6.45) is 3.20. The number of fused-ring (bicyclic) bond motifs is 1. The van der Waals surface area contributed by atoms with E-state index in [0.29, 0.717) is 10.7 Å². The molecule has 0 aromatic carbocycles. The van der Waals surface area contributed by atoms with Crippen molar-refractivity contribution in [2.45, 2.75) is 13.0 Å². The highest BCUT2D eigenvalue weighted by atomic mass is 32.1. The van der Waals surface area contributed by atoms with Gasteiger partial charge in [-0.25, -0.2) is 0 Å². The second-order valence-corrected chi connectivity index (χ2v) is 4.85. The van der Waals surface area contributed by atoms with E-state index in [1.165, 1.54) is 15.7 Å². The van der Waals surface area contributed by atoms with E-state index in [2.05, 4.69) is 10.3 Å². The quantitative estimate of drug-likeness (QED) is 0.585. The molecule has 1 atom stereocenters. The number of nitro groups is 1. The lowest BCUT2D eigenvalue weighted by Gasteiger charge is -2.09. The first-order valence-electron chi connectivity index (χ1n) is 5.56. The maximum Gasteiger partial charge on any atom is 0.372 e. The standard InChI is InChI=1S/C11H10N4O3S/c1-7(8-3-2-5-18-8)12-9-10(15(16)17)14-4-6-19-11(14)13-9/h2-7,12H,1H3. The molecule has 7 nitrogen and oxygen atoms in total. The molecule has 0 fully saturated rings. The van der Waals surface area contributed by atoms with Crippen molar-refractivity contribution in [3.63, 3.8) is 0 Å². The van der Waals surface area contributed by atoms with E-state index in [1.807, 2.05) is 13.0 Å². The highest BCUT2D eigenvalue weighted by molar-refractivity contribution is 7.15. The van der Waals surface area contributed by atoms with Crippen LogP contribution in [0.15, 0.2) is 34.4 Å². The molecule has 0 aliphatic carbocycles. The van der Waals surface area contributed by atoms with Crippen LogP contribution in [0.5, 0.6) is 0 Å². The maximum absolute atomic E-state index is 11.1.